The molecule has 0 aromatic rings. The highest BCUT2D eigenvalue weighted by molar-refractivity contribution is 5.17. The summed E-state index contributed by atoms with van der Waals surface area (Å²) >= 11 is 0. The van der Waals surface area contributed by atoms with E-state index in [1.54, 1.807) is 0 Å². The molecule has 0 aromatic carbocycles. The minimum Gasteiger partial charge on any atom is -0.490 e. The first-order chi connectivity index (χ1) is 5.09. The quantitative estimate of drug-likeness (QED) is 0.530. The van der Waals surface area contributed by atoms with Crippen LogP contribution in [0.5, 0.6) is 0 Å². The van der Waals surface area contributed by atoms with Gasteiger partial charge in [-0.3, -0.25) is 0 Å². The molecule has 2 aliphatic rings. The summed E-state index contributed by atoms with van der Waals surface area (Å²) in [4.78, 5) is 0. The van der Waals surface area contributed by atoms with Gasteiger partial charge in [0.2, 0.25) is 0 Å². The molecule has 62 valence electrons. The van der Waals surface area contributed by atoms with E-state index in [1.165, 1.54) is 0 Å². The van der Waals surface area contributed by atoms with E-state index in [4.69, 9.17) is 9.47 Å². The maximum absolute atomic E-state index is 5.79. The van der Waals surface area contributed by atoms with Crippen LogP contribution >= 0.6 is 0 Å². The smallest absolute Gasteiger partial charge is 0.124 e. The molecule has 1 aliphatic carbocycles. The summed E-state index contributed by atoms with van der Waals surface area (Å²) in [6, 6.07) is 0. The first-order valence-corrected chi connectivity index (χ1v) is 4.14. The van der Waals surface area contributed by atoms with Crippen molar-refractivity contribution in [2.24, 2.45) is 0 Å². The Morgan fingerprint density at radius 1 is 1.55 bits per heavy atom. The highest BCUT2D eigenvalue weighted by Gasteiger charge is 2.41. The van der Waals surface area contributed by atoms with Gasteiger partial charge in [-0.1, -0.05) is 0 Å². The highest BCUT2D eigenvalue weighted by atomic mass is 16.6. The largest absolute Gasteiger partial charge is 0.490 e. The number of fused-ring (bicyclic) bond motifs is 1. The maximum atomic E-state index is 5.79. The molecule has 0 N–H and O–H groups in total. The van der Waals surface area contributed by atoms with E-state index in [2.05, 4.69) is 26.8 Å². The SMILES string of the molecule is CC1OC2=CCC2OC1(C)C. The van der Waals surface area contributed by atoms with Crippen molar-refractivity contribution in [2.75, 3.05) is 0 Å². The third-order valence-corrected chi connectivity index (χ3v) is 2.59. The van der Waals surface area contributed by atoms with Gasteiger partial charge in [0.1, 0.15) is 18.0 Å². The van der Waals surface area contributed by atoms with Crippen LogP contribution in [0.3, 0.4) is 0 Å². The molecule has 1 fully saturated rings. The average Bonchev–Trinajstić information content (AvgIpc) is 1.90. The van der Waals surface area contributed by atoms with Crippen LogP contribution in [0.25, 0.3) is 0 Å². The first-order valence-electron chi connectivity index (χ1n) is 4.14. The molecular formula is C9H14O2. The Labute approximate surface area is 67.2 Å². The normalized spacial score (nSPS) is 39.7. The van der Waals surface area contributed by atoms with Crippen molar-refractivity contribution in [1.82, 2.24) is 0 Å². The molecule has 0 saturated carbocycles. The Bertz CT molecular complexity index is 206. The van der Waals surface area contributed by atoms with E-state index in [0.717, 1.165) is 12.2 Å². The molecule has 0 radical (unpaired) electrons. The third kappa shape index (κ3) is 0.968. The topological polar surface area (TPSA) is 18.5 Å². The van der Waals surface area contributed by atoms with Crippen molar-refractivity contribution in [3.63, 3.8) is 0 Å². The number of hydrogen-bond donors (Lipinski definition) is 0. The van der Waals surface area contributed by atoms with Gasteiger partial charge in [-0.25, -0.2) is 0 Å². The zero-order valence-electron chi connectivity index (χ0n) is 7.26. The number of hydrogen-bond acceptors (Lipinski definition) is 2. The Morgan fingerprint density at radius 3 is 2.73 bits per heavy atom. The van der Waals surface area contributed by atoms with Crippen LogP contribution < -0.4 is 0 Å². The lowest BCUT2D eigenvalue weighted by Gasteiger charge is -2.45. The molecule has 0 amide bonds. The second kappa shape index (κ2) is 2.01. The monoisotopic (exact) mass is 154 g/mol. The Morgan fingerprint density at radius 2 is 2.27 bits per heavy atom. The van der Waals surface area contributed by atoms with E-state index in [-0.39, 0.29) is 17.8 Å². The Hall–Kier alpha value is -0.500. The molecule has 0 spiro atoms. The standard InChI is InChI=1S/C9H14O2/c1-6-9(2,3)11-8-5-4-7(8)10-6/h4,6,8H,5H2,1-3H3. The van der Waals surface area contributed by atoms with E-state index in [1.807, 2.05) is 0 Å². The molecule has 0 aromatic heterocycles. The van der Waals surface area contributed by atoms with Gasteiger partial charge in [0.15, 0.2) is 0 Å². The molecule has 2 unspecified atom stereocenters. The van der Waals surface area contributed by atoms with Crippen LogP contribution in [0.4, 0.5) is 0 Å². The van der Waals surface area contributed by atoms with E-state index in [9.17, 15) is 0 Å². The minimum absolute atomic E-state index is 0.123. The van der Waals surface area contributed by atoms with Gasteiger partial charge in [0.25, 0.3) is 0 Å². The van der Waals surface area contributed by atoms with Crippen LogP contribution in [-0.4, -0.2) is 17.8 Å². The first kappa shape index (κ1) is 7.17. The summed E-state index contributed by atoms with van der Waals surface area (Å²) in [7, 11) is 0. The fourth-order valence-electron chi connectivity index (χ4n) is 1.35. The molecule has 0 bridgehead atoms. The van der Waals surface area contributed by atoms with Crippen molar-refractivity contribution in [2.45, 2.75) is 45.0 Å². The van der Waals surface area contributed by atoms with Gasteiger partial charge >= 0.3 is 0 Å². The fourth-order valence-corrected chi connectivity index (χ4v) is 1.35. The van der Waals surface area contributed by atoms with Gasteiger partial charge in [-0.15, -0.1) is 0 Å². The molecule has 1 saturated heterocycles. The van der Waals surface area contributed by atoms with Crippen LogP contribution in [0.15, 0.2) is 11.8 Å². The number of rotatable bonds is 0. The molecule has 11 heavy (non-hydrogen) atoms. The molecule has 1 heterocycles. The maximum Gasteiger partial charge on any atom is 0.124 e. The van der Waals surface area contributed by atoms with Crippen molar-refractivity contribution in [3.05, 3.63) is 11.8 Å². The third-order valence-electron chi connectivity index (χ3n) is 2.59. The molecule has 2 atom stereocenters. The zero-order chi connectivity index (χ0) is 8.06. The second-order valence-corrected chi connectivity index (χ2v) is 3.81. The zero-order valence-corrected chi connectivity index (χ0v) is 7.26. The molecule has 2 heteroatoms. The second-order valence-electron chi connectivity index (χ2n) is 3.81. The van der Waals surface area contributed by atoms with Gasteiger partial charge in [-0.2, -0.15) is 0 Å². The van der Waals surface area contributed by atoms with Crippen molar-refractivity contribution in [1.29, 1.82) is 0 Å². The molecule has 2 rings (SSSR count). The summed E-state index contributed by atoms with van der Waals surface area (Å²) in [6.07, 6.45) is 3.54. The van der Waals surface area contributed by atoms with Crippen LogP contribution in [0.1, 0.15) is 27.2 Å². The lowest BCUT2D eigenvalue weighted by molar-refractivity contribution is -0.194. The summed E-state index contributed by atoms with van der Waals surface area (Å²) in [6.45, 7) is 6.20. The summed E-state index contributed by atoms with van der Waals surface area (Å²) in [5.41, 5.74) is -0.123. The van der Waals surface area contributed by atoms with Crippen LogP contribution in [0, 0.1) is 0 Å². The van der Waals surface area contributed by atoms with Gasteiger partial charge < -0.3 is 9.47 Å². The van der Waals surface area contributed by atoms with E-state index < -0.39 is 0 Å². The van der Waals surface area contributed by atoms with Gasteiger partial charge in [0, 0.05) is 6.42 Å². The van der Waals surface area contributed by atoms with Gasteiger partial charge in [-0.05, 0) is 26.8 Å². The van der Waals surface area contributed by atoms with Crippen molar-refractivity contribution in [3.8, 4) is 0 Å². The Balaban J connectivity index is 2.15. The average molecular weight is 154 g/mol. The summed E-state index contributed by atoms with van der Waals surface area (Å²) < 4.78 is 11.4. The van der Waals surface area contributed by atoms with Gasteiger partial charge in [0.05, 0.1) is 5.60 Å². The summed E-state index contributed by atoms with van der Waals surface area (Å²) in [5.74, 6) is 1.04. The molecular weight excluding hydrogens is 140 g/mol. The summed E-state index contributed by atoms with van der Waals surface area (Å²) in [5, 5.41) is 0. The predicted octanol–water partition coefficient (Wildman–Crippen LogP) is 1.86. The fraction of sp³-hybridized carbons (Fsp3) is 0.778. The minimum atomic E-state index is -0.123. The lowest BCUT2D eigenvalue weighted by atomic mass is 9.95. The highest BCUT2D eigenvalue weighted by Crippen LogP contribution is 2.37. The van der Waals surface area contributed by atoms with Crippen molar-refractivity contribution < 1.29 is 9.47 Å². The van der Waals surface area contributed by atoms with E-state index in [0.29, 0.717) is 0 Å². The van der Waals surface area contributed by atoms with Crippen LogP contribution in [-0.2, 0) is 9.47 Å². The molecule has 1 aliphatic heterocycles. The lowest BCUT2D eigenvalue weighted by Crippen LogP contribution is -2.50. The molecule has 2 nitrogen and oxygen atoms in total. The van der Waals surface area contributed by atoms with E-state index >= 15 is 0 Å². The van der Waals surface area contributed by atoms with Crippen LogP contribution in [0.2, 0.25) is 0 Å². The predicted molar refractivity (Wildman–Crippen MR) is 42.2 cm³/mol. The Kier molecular flexibility index (Phi) is 1.31. The number of ether oxygens (including phenoxy) is 2. The van der Waals surface area contributed by atoms with Crippen molar-refractivity contribution >= 4 is 0 Å².